The fourth-order valence-corrected chi connectivity index (χ4v) is 4.31. The van der Waals surface area contributed by atoms with Crippen molar-refractivity contribution in [3.8, 4) is 0 Å². The van der Waals surface area contributed by atoms with Crippen molar-refractivity contribution in [1.82, 2.24) is 5.32 Å². The second kappa shape index (κ2) is 16.8. The van der Waals surface area contributed by atoms with Crippen LogP contribution >= 0.6 is 0 Å². The molecule has 0 amide bonds. The van der Waals surface area contributed by atoms with Gasteiger partial charge in [-0.25, -0.2) is 0 Å². The van der Waals surface area contributed by atoms with E-state index >= 15 is 0 Å². The summed E-state index contributed by atoms with van der Waals surface area (Å²) in [6.45, 7) is 0.961. The molecule has 0 aliphatic heterocycles. The van der Waals surface area contributed by atoms with Crippen molar-refractivity contribution in [2.45, 2.75) is 18.4 Å². The zero-order chi connectivity index (χ0) is 24.4. The third kappa shape index (κ3) is 8.98. The third-order valence-corrected chi connectivity index (χ3v) is 6.10. The first-order valence-corrected chi connectivity index (χ1v) is 13.0. The van der Waals surface area contributed by atoms with E-state index in [2.05, 4.69) is 121 Å². The van der Waals surface area contributed by atoms with Crippen LogP contribution < -0.4 is 5.32 Å². The number of nitrogens with one attached hydrogen (secondary N) is 1. The molecule has 0 heterocycles. The maximum atomic E-state index is 3.90. The van der Waals surface area contributed by atoms with E-state index in [0.29, 0.717) is 0 Å². The molecule has 0 spiro atoms. The van der Waals surface area contributed by atoms with Gasteiger partial charge in [-0.1, -0.05) is 0 Å². The predicted molar refractivity (Wildman–Crippen MR) is 146 cm³/mol. The fraction of sp³-hybridized carbons (Fsp3) is 0.121. The quantitative estimate of drug-likeness (QED) is 0.209. The Labute approximate surface area is 225 Å². The van der Waals surface area contributed by atoms with E-state index < -0.39 is 0 Å². The fourth-order valence-electron chi connectivity index (χ4n) is 3.99. The van der Waals surface area contributed by atoms with Crippen molar-refractivity contribution >= 4 is 4.31 Å². The van der Waals surface area contributed by atoms with Crippen LogP contribution in [0.4, 0.5) is 0 Å². The van der Waals surface area contributed by atoms with Gasteiger partial charge < -0.3 is 0 Å². The van der Waals surface area contributed by atoms with Crippen molar-refractivity contribution in [2.75, 3.05) is 6.54 Å². The Morgan fingerprint density at radius 3 is 1.11 bits per heavy atom. The zero-order valence-corrected chi connectivity index (χ0v) is 21.7. The van der Waals surface area contributed by atoms with Crippen molar-refractivity contribution in [3.05, 3.63) is 172 Å². The molecule has 2 saturated carbocycles. The van der Waals surface area contributed by atoms with Gasteiger partial charge in [-0.2, -0.15) is 0 Å². The summed E-state index contributed by atoms with van der Waals surface area (Å²) in [5.74, 6) is 0. The Balaban J connectivity index is 0.000000281. The van der Waals surface area contributed by atoms with E-state index in [0.717, 1.165) is 19.4 Å². The molecule has 2 aliphatic carbocycles. The molecule has 0 bridgehead atoms. The van der Waals surface area contributed by atoms with Crippen molar-refractivity contribution in [1.29, 1.82) is 0 Å². The van der Waals surface area contributed by atoms with Gasteiger partial charge in [0.05, 0.1) is 0 Å². The Morgan fingerprint density at radius 1 is 0.514 bits per heavy atom. The molecule has 172 valence electrons. The standard InChI is InChI=1S/C23H23N.2C5H5.Ti/c1-2-3-19-24-23(20-13-7-4-8-14-20,21-15-9-5-10-16-21)22-17-11-6-12-18-22;2*1-2-4-5-3-1;/h1,4-18,24H,2-3,19H2;2*1-5H;/q;;;+2. The Kier molecular flexibility index (Phi) is 13.3. The van der Waals surface area contributed by atoms with Gasteiger partial charge in [-0.05, 0) is 64.2 Å². The number of hydrogen-bond donors (Lipinski definition) is 1. The average Bonchev–Trinajstić information content (AvgIpc) is 3.71. The molecule has 0 aromatic heterocycles. The number of benzene rings is 3. The summed E-state index contributed by atoms with van der Waals surface area (Å²) in [6.07, 6.45) is 22.3. The Bertz CT molecular complexity index is 793. The summed E-state index contributed by atoms with van der Waals surface area (Å²) in [4.78, 5) is 0. The van der Waals surface area contributed by atoms with Crippen LogP contribution in [0.5, 0.6) is 0 Å². The van der Waals surface area contributed by atoms with E-state index in [-0.39, 0.29) is 5.54 Å². The minimum atomic E-state index is -0.336. The topological polar surface area (TPSA) is 12.0 Å². The molecule has 0 unspecified atom stereocenters. The molecule has 3 aromatic rings. The summed E-state index contributed by atoms with van der Waals surface area (Å²) in [7, 11) is 0. The van der Waals surface area contributed by atoms with Crippen LogP contribution in [0.25, 0.3) is 0 Å². The summed E-state index contributed by atoms with van der Waals surface area (Å²) >= 11 is 2.12. The maximum absolute atomic E-state index is 3.90. The van der Waals surface area contributed by atoms with Crippen LogP contribution in [0.3, 0.4) is 0 Å². The van der Waals surface area contributed by atoms with Crippen molar-refractivity contribution in [2.24, 2.45) is 0 Å². The van der Waals surface area contributed by atoms with Crippen LogP contribution in [0.2, 0.25) is 0 Å². The van der Waals surface area contributed by atoms with Gasteiger partial charge in [0.1, 0.15) is 0 Å². The summed E-state index contributed by atoms with van der Waals surface area (Å²) in [5.41, 5.74) is 3.48. The molecular formula is C33H33NTi+2. The Morgan fingerprint density at radius 2 is 0.829 bits per heavy atom. The molecule has 2 fully saturated rings. The first kappa shape index (κ1) is 27.8. The van der Waals surface area contributed by atoms with Gasteiger partial charge in [0.2, 0.25) is 0 Å². The van der Waals surface area contributed by atoms with Crippen molar-refractivity contribution in [3.63, 3.8) is 0 Å². The number of unbranched alkanes of at least 4 members (excludes halogenated alkanes) is 1. The third-order valence-electron chi connectivity index (χ3n) is 5.65. The van der Waals surface area contributed by atoms with Crippen molar-refractivity contribution < 1.29 is 20.0 Å². The summed E-state index contributed by atoms with van der Waals surface area (Å²) in [5, 5.41) is 3.90. The van der Waals surface area contributed by atoms with Gasteiger partial charge >= 0.3 is 162 Å². The van der Waals surface area contributed by atoms with Gasteiger partial charge in [0.25, 0.3) is 0 Å². The molecular weight excluding hydrogens is 458 g/mol. The van der Waals surface area contributed by atoms with E-state index in [1.165, 1.54) is 16.7 Å². The molecule has 10 radical (unpaired) electrons. The molecule has 1 N–H and O–H groups in total. The molecule has 5 rings (SSSR count). The first-order chi connectivity index (χ1) is 17.4. The van der Waals surface area contributed by atoms with Crippen LogP contribution in [0.1, 0.15) is 29.5 Å². The SMILES string of the molecule is [CH]1[CH][CH][CH][CH]1.[CH]1[CH][CH][CH][CH]1.[Ti+2]=[CH]CCCNC(c1ccccc1)(c1ccccc1)c1ccccc1. The van der Waals surface area contributed by atoms with Gasteiger partial charge in [-0.3, -0.25) is 0 Å². The van der Waals surface area contributed by atoms with Gasteiger partial charge in [0.15, 0.2) is 0 Å². The molecule has 3 aromatic carbocycles. The van der Waals surface area contributed by atoms with E-state index in [9.17, 15) is 0 Å². The number of hydrogen-bond acceptors (Lipinski definition) is 1. The van der Waals surface area contributed by atoms with Crippen LogP contribution in [0, 0.1) is 64.2 Å². The number of rotatable bonds is 8. The summed E-state index contributed by atoms with van der Waals surface area (Å²) < 4.78 is 2.23. The monoisotopic (exact) mass is 491 g/mol. The van der Waals surface area contributed by atoms with E-state index in [1.54, 1.807) is 0 Å². The molecule has 35 heavy (non-hydrogen) atoms. The molecule has 0 atom stereocenters. The van der Waals surface area contributed by atoms with Gasteiger partial charge in [0, 0.05) is 0 Å². The normalized spacial score (nSPS) is 14.9. The molecule has 2 aliphatic rings. The second-order valence-corrected chi connectivity index (χ2v) is 8.68. The van der Waals surface area contributed by atoms with Gasteiger partial charge in [-0.15, -0.1) is 0 Å². The van der Waals surface area contributed by atoms with E-state index in [1.807, 2.05) is 64.2 Å². The van der Waals surface area contributed by atoms with Crippen LogP contribution in [0.15, 0.2) is 91.0 Å². The molecule has 1 nitrogen and oxygen atoms in total. The van der Waals surface area contributed by atoms with Crippen LogP contribution in [-0.2, 0) is 25.5 Å². The molecule has 0 saturated heterocycles. The zero-order valence-electron chi connectivity index (χ0n) is 20.1. The summed E-state index contributed by atoms with van der Waals surface area (Å²) in [6, 6.07) is 32.3. The van der Waals surface area contributed by atoms with Crippen LogP contribution in [-0.4, -0.2) is 10.9 Å². The first-order valence-electron chi connectivity index (χ1n) is 12.1. The second-order valence-electron chi connectivity index (χ2n) is 8.05. The minimum absolute atomic E-state index is 0.336. The van der Waals surface area contributed by atoms with E-state index in [4.69, 9.17) is 0 Å². The Hall–Kier alpha value is -1.80. The molecule has 2 heteroatoms. The predicted octanol–water partition coefficient (Wildman–Crippen LogP) is 6.74. The average molecular weight is 492 g/mol.